The molecule has 0 spiro atoms. The average Bonchev–Trinajstić information content (AvgIpc) is 2.80. The number of carbonyl (C=O) groups excluding carboxylic acids is 2. The fourth-order valence-electron chi connectivity index (χ4n) is 2.99. The van der Waals surface area contributed by atoms with Crippen molar-refractivity contribution in [2.45, 2.75) is 6.42 Å². The smallest absolute Gasteiger partial charge is 0.269 e. The summed E-state index contributed by atoms with van der Waals surface area (Å²) < 4.78 is 10.7. The summed E-state index contributed by atoms with van der Waals surface area (Å²) in [6, 6.07) is 17.6. The molecule has 2 N–H and O–H groups in total. The Bertz CT molecular complexity index is 1130. The number of ether oxygens (including phenoxy) is 2. The van der Waals surface area contributed by atoms with Crippen LogP contribution >= 0.6 is 0 Å². The molecular formula is C23H21N3O6. The molecule has 0 radical (unpaired) electrons. The van der Waals surface area contributed by atoms with Gasteiger partial charge < -0.3 is 20.1 Å². The molecule has 2 amide bonds. The fourth-order valence-corrected chi connectivity index (χ4v) is 2.99. The van der Waals surface area contributed by atoms with Gasteiger partial charge in [-0.05, 0) is 17.7 Å². The van der Waals surface area contributed by atoms with Crippen molar-refractivity contribution in [3.63, 3.8) is 0 Å². The Morgan fingerprint density at radius 1 is 0.875 bits per heavy atom. The molecule has 32 heavy (non-hydrogen) atoms. The lowest BCUT2D eigenvalue weighted by Gasteiger charge is -2.16. The van der Waals surface area contributed by atoms with E-state index in [4.69, 9.17) is 9.47 Å². The lowest BCUT2D eigenvalue weighted by molar-refractivity contribution is -0.384. The molecule has 3 aromatic rings. The van der Waals surface area contributed by atoms with Gasteiger partial charge in [-0.15, -0.1) is 0 Å². The molecule has 3 rings (SSSR count). The molecule has 0 atom stereocenters. The van der Waals surface area contributed by atoms with E-state index in [1.165, 1.54) is 38.5 Å². The largest absolute Gasteiger partial charge is 0.494 e. The van der Waals surface area contributed by atoms with Gasteiger partial charge in [-0.25, -0.2) is 0 Å². The van der Waals surface area contributed by atoms with Crippen molar-refractivity contribution in [2.24, 2.45) is 0 Å². The molecular weight excluding hydrogens is 414 g/mol. The second-order valence-corrected chi connectivity index (χ2v) is 6.72. The normalized spacial score (nSPS) is 10.2. The number of nitrogens with one attached hydrogen (secondary N) is 2. The molecule has 9 nitrogen and oxygen atoms in total. The number of hydrogen-bond donors (Lipinski definition) is 2. The van der Waals surface area contributed by atoms with Crippen LogP contribution < -0.4 is 20.1 Å². The number of non-ortho nitro benzene ring substituents is 1. The second-order valence-electron chi connectivity index (χ2n) is 6.72. The number of nitrogens with zero attached hydrogens (tertiary/aromatic N) is 1. The Hall–Kier alpha value is -4.40. The van der Waals surface area contributed by atoms with E-state index >= 15 is 0 Å². The summed E-state index contributed by atoms with van der Waals surface area (Å²) in [5.74, 6) is -0.00637. The molecule has 0 aliphatic heterocycles. The van der Waals surface area contributed by atoms with Crippen LogP contribution in [0.4, 0.5) is 17.1 Å². The van der Waals surface area contributed by atoms with Gasteiger partial charge in [-0.2, -0.15) is 0 Å². The number of rotatable bonds is 8. The van der Waals surface area contributed by atoms with Crippen molar-refractivity contribution < 1.29 is 24.0 Å². The summed E-state index contributed by atoms with van der Waals surface area (Å²) in [6.07, 6.45) is 0.00988. The van der Waals surface area contributed by atoms with Crippen LogP contribution in [-0.4, -0.2) is 31.0 Å². The Morgan fingerprint density at radius 2 is 1.44 bits per heavy atom. The van der Waals surface area contributed by atoms with Crippen LogP contribution in [0.2, 0.25) is 0 Å². The van der Waals surface area contributed by atoms with Crippen molar-refractivity contribution in [2.75, 3.05) is 24.9 Å². The van der Waals surface area contributed by atoms with Crippen LogP contribution in [0.1, 0.15) is 15.9 Å². The molecule has 0 aliphatic rings. The lowest BCUT2D eigenvalue weighted by atomic mass is 10.1. The Kier molecular flexibility index (Phi) is 7.02. The van der Waals surface area contributed by atoms with E-state index < -0.39 is 4.92 Å². The first-order valence-corrected chi connectivity index (χ1v) is 9.57. The van der Waals surface area contributed by atoms with Gasteiger partial charge in [0.05, 0.1) is 36.9 Å². The molecule has 0 aliphatic carbocycles. The second kappa shape index (κ2) is 10.1. The zero-order chi connectivity index (χ0) is 23.1. The zero-order valence-corrected chi connectivity index (χ0v) is 17.5. The summed E-state index contributed by atoms with van der Waals surface area (Å²) in [5, 5.41) is 16.3. The van der Waals surface area contributed by atoms with Crippen LogP contribution in [0.15, 0.2) is 66.7 Å². The van der Waals surface area contributed by atoms with Crippen molar-refractivity contribution >= 4 is 28.9 Å². The van der Waals surface area contributed by atoms with Gasteiger partial charge in [-0.3, -0.25) is 19.7 Å². The van der Waals surface area contributed by atoms with Gasteiger partial charge in [0.15, 0.2) is 0 Å². The van der Waals surface area contributed by atoms with E-state index in [1.807, 2.05) is 6.07 Å². The van der Waals surface area contributed by atoms with Gasteiger partial charge in [0.1, 0.15) is 11.5 Å². The highest BCUT2D eigenvalue weighted by molar-refractivity contribution is 6.05. The Labute approximate surface area is 184 Å². The SMILES string of the molecule is COc1cc(NC(=O)c2ccccc2)c(OC)cc1NC(=O)Cc1ccc([N+](=O)[O-])cc1. The van der Waals surface area contributed by atoms with Crippen molar-refractivity contribution in [1.29, 1.82) is 0 Å². The van der Waals surface area contributed by atoms with Crippen molar-refractivity contribution in [1.82, 2.24) is 0 Å². The van der Waals surface area contributed by atoms with E-state index in [1.54, 1.807) is 36.4 Å². The van der Waals surface area contributed by atoms with E-state index in [-0.39, 0.29) is 23.9 Å². The molecule has 9 heteroatoms. The zero-order valence-electron chi connectivity index (χ0n) is 17.5. The third-order valence-electron chi connectivity index (χ3n) is 4.59. The minimum absolute atomic E-state index is 0.00988. The van der Waals surface area contributed by atoms with Gasteiger partial charge in [0.2, 0.25) is 5.91 Å². The van der Waals surface area contributed by atoms with Crippen molar-refractivity contribution in [3.05, 3.63) is 88.0 Å². The molecule has 164 valence electrons. The fraction of sp³-hybridized carbons (Fsp3) is 0.130. The molecule has 0 aromatic heterocycles. The van der Waals surface area contributed by atoms with Gasteiger partial charge >= 0.3 is 0 Å². The number of anilines is 2. The average molecular weight is 435 g/mol. The number of nitro groups is 1. The number of nitro benzene ring substituents is 1. The minimum Gasteiger partial charge on any atom is -0.494 e. The quantitative estimate of drug-likeness (QED) is 0.407. The number of hydrogen-bond acceptors (Lipinski definition) is 6. The third-order valence-corrected chi connectivity index (χ3v) is 4.59. The third kappa shape index (κ3) is 5.39. The predicted octanol–water partition coefficient (Wildman–Crippen LogP) is 4.05. The van der Waals surface area contributed by atoms with Crippen LogP contribution in [0.3, 0.4) is 0 Å². The first-order valence-electron chi connectivity index (χ1n) is 9.57. The number of benzene rings is 3. The maximum absolute atomic E-state index is 12.5. The van der Waals surface area contributed by atoms with Gasteiger partial charge in [0, 0.05) is 29.8 Å². The number of methoxy groups -OCH3 is 2. The lowest BCUT2D eigenvalue weighted by Crippen LogP contribution is -2.16. The van der Waals surface area contributed by atoms with E-state index in [2.05, 4.69) is 10.6 Å². The highest BCUT2D eigenvalue weighted by Crippen LogP contribution is 2.36. The summed E-state index contributed by atoms with van der Waals surface area (Å²) in [4.78, 5) is 35.3. The molecule has 0 heterocycles. The van der Waals surface area contributed by atoms with Gasteiger partial charge in [-0.1, -0.05) is 30.3 Å². The summed E-state index contributed by atoms with van der Waals surface area (Å²) >= 11 is 0. The molecule has 3 aromatic carbocycles. The maximum atomic E-state index is 12.5. The number of amides is 2. The predicted molar refractivity (Wildman–Crippen MR) is 119 cm³/mol. The highest BCUT2D eigenvalue weighted by atomic mass is 16.6. The molecule has 0 bridgehead atoms. The monoisotopic (exact) mass is 435 g/mol. The number of carbonyl (C=O) groups is 2. The summed E-state index contributed by atoms with van der Waals surface area (Å²) in [7, 11) is 2.89. The first kappa shape index (κ1) is 22.3. The van der Waals surface area contributed by atoms with Crippen LogP contribution in [0.5, 0.6) is 11.5 Å². The van der Waals surface area contributed by atoms with Crippen LogP contribution in [-0.2, 0) is 11.2 Å². The molecule has 0 saturated heterocycles. The molecule has 0 saturated carbocycles. The van der Waals surface area contributed by atoms with Crippen molar-refractivity contribution in [3.8, 4) is 11.5 Å². The molecule has 0 fully saturated rings. The van der Waals surface area contributed by atoms with Crippen LogP contribution in [0, 0.1) is 10.1 Å². The Morgan fingerprint density at radius 3 is 1.97 bits per heavy atom. The minimum atomic E-state index is -0.501. The van der Waals surface area contributed by atoms with Crippen LogP contribution in [0.25, 0.3) is 0 Å². The Balaban J connectivity index is 1.77. The highest BCUT2D eigenvalue weighted by Gasteiger charge is 2.16. The van der Waals surface area contributed by atoms with E-state index in [0.717, 1.165) is 0 Å². The van der Waals surface area contributed by atoms with E-state index in [0.29, 0.717) is 34.0 Å². The summed E-state index contributed by atoms with van der Waals surface area (Å²) in [5.41, 5.74) is 1.79. The standard InChI is InChI=1S/C23H21N3O6/c1-31-20-14-19(25-23(28)16-6-4-3-5-7-16)21(32-2)13-18(20)24-22(27)12-15-8-10-17(11-9-15)26(29)30/h3-11,13-14H,12H2,1-2H3,(H,24,27)(H,25,28). The molecule has 0 unspecified atom stereocenters. The van der Waals surface area contributed by atoms with Gasteiger partial charge in [0.25, 0.3) is 11.6 Å². The topological polar surface area (TPSA) is 120 Å². The first-order chi connectivity index (χ1) is 15.4. The maximum Gasteiger partial charge on any atom is 0.269 e. The van der Waals surface area contributed by atoms with E-state index in [9.17, 15) is 19.7 Å². The summed E-state index contributed by atoms with van der Waals surface area (Å²) in [6.45, 7) is 0.